The normalized spacial score (nSPS) is 24.3. The molecule has 1 fully saturated rings. The van der Waals surface area contributed by atoms with E-state index >= 15 is 0 Å². The molecule has 1 aromatic heterocycles. The minimum absolute atomic E-state index is 0.0170. The molecule has 2 aliphatic rings. The van der Waals surface area contributed by atoms with Crippen LogP contribution < -0.4 is 0 Å². The van der Waals surface area contributed by atoms with E-state index < -0.39 is 5.97 Å². The maximum atomic E-state index is 13.0. The molecule has 0 aromatic carbocycles. The summed E-state index contributed by atoms with van der Waals surface area (Å²) in [5.41, 5.74) is 2.44. The Bertz CT molecular complexity index is 596. The van der Waals surface area contributed by atoms with E-state index in [1.165, 1.54) is 11.3 Å². The molecule has 6 nitrogen and oxygen atoms in total. The molecule has 1 aliphatic carbocycles. The van der Waals surface area contributed by atoms with Crippen molar-refractivity contribution in [1.29, 1.82) is 0 Å². The predicted octanol–water partition coefficient (Wildman–Crippen LogP) is 1.77. The van der Waals surface area contributed by atoms with E-state index in [9.17, 15) is 9.59 Å². The number of amides is 1. The van der Waals surface area contributed by atoms with Gasteiger partial charge in [0.2, 0.25) is 5.91 Å². The fourth-order valence-corrected chi connectivity index (χ4v) is 3.97. The fraction of sp³-hybridized carbons (Fsp3) is 0.706. The van der Waals surface area contributed by atoms with Gasteiger partial charge in [0.25, 0.3) is 0 Å². The molecule has 0 radical (unpaired) electrons. The lowest BCUT2D eigenvalue weighted by atomic mass is 9.85. The summed E-state index contributed by atoms with van der Waals surface area (Å²) in [5.74, 6) is -0.546. The van der Waals surface area contributed by atoms with Crippen LogP contribution in [-0.2, 0) is 29.5 Å². The predicted molar refractivity (Wildman–Crippen MR) is 84.9 cm³/mol. The zero-order valence-electron chi connectivity index (χ0n) is 13.7. The molecule has 0 bridgehead atoms. The van der Waals surface area contributed by atoms with E-state index in [-0.39, 0.29) is 24.3 Å². The smallest absolute Gasteiger partial charge is 0.303 e. The number of aliphatic carboxylic acids is 1. The van der Waals surface area contributed by atoms with Crippen molar-refractivity contribution < 1.29 is 14.7 Å². The van der Waals surface area contributed by atoms with Crippen molar-refractivity contribution in [1.82, 2.24) is 14.7 Å². The number of piperidine rings is 1. The van der Waals surface area contributed by atoms with Gasteiger partial charge >= 0.3 is 5.97 Å². The van der Waals surface area contributed by atoms with Gasteiger partial charge in [0.05, 0.1) is 6.20 Å². The van der Waals surface area contributed by atoms with Crippen LogP contribution in [0.5, 0.6) is 0 Å². The van der Waals surface area contributed by atoms with Crippen LogP contribution >= 0.6 is 0 Å². The highest BCUT2D eigenvalue weighted by Crippen LogP contribution is 2.29. The second kappa shape index (κ2) is 6.72. The first kappa shape index (κ1) is 16.0. The van der Waals surface area contributed by atoms with Crippen LogP contribution in [0, 0.1) is 5.92 Å². The van der Waals surface area contributed by atoms with E-state index in [1.54, 1.807) is 0 Å². The molecule has 2 heterocycles. The molecule has 2 unspecified atom stereocenters. The number of nitrogens with zero attached hydrogens (tertiary/aromatic N) is 3. The molecule has 2 atom stereocenters. The van der Waals surface area contributed by atoms with Gasteiger partial charge in [0.15, 0.2) is 0 Å². The van der Waals surface area contributed by atoms with Gasteiger partial charge in [-0.15, -0.1) is 0 Å². The first-order valence-corrected chi connectivity index (χ1v) is 8.58. The summed E-state index contributed by atoms with van der Waals surface area (Å²) in [7, 11) is 1.93. The number of carbonyl (C=O) groups excluding carboxylic acids is 1. The minimum Gasteiger partial charge on any atom is -0.481 e. The third kappa shape index (κ3) is 3.41. The molecule has 3 rings (SSSR count). The largest absolute Gasteiger partial charge is 0.481 e. The number of carbonyl (C=O) groups is 2. The zero-order chi connectivity index (χ0) is 16.4. The van der Waals surface area contributed by atoms with Gasteiger partial charge in [-0.3, -0.25) is 14.3 Å². The van der Waals surface area contributed by atoms with Crippen LogP contribution in [0.1, 0.15) is 49.8 Å². The highest BCUT2D eigenvalue weighted by molar-refractivity contribution is 5.80. The van der Waals surface area contributed by atoms with Crippen LogP contribution in [0.15, 0.2) is 6.20 Å². The van der Waals surface area contributed by atoms with Crippen molar-refractivity contribution >= 4 is 11.9 Å². The second-order valence-electron chi connectivity index (χ2n) is 6.79. The molecule has 0 saturated carbocycles. The quantitative estimate of drug-likeness (QED) is 0.918. The highest BCUT2D eigenvalue weighted by atomic mass is 16.4. The molecule has 1 aromatic rings. The SMILES string of the molecule is Cn1ncc2c1CC(C(=O)N1CCCCC1CCC(=O)O)CC2. The molecule has 1 N–H and O–H groups in total. The summed E-state index contributed by atoms with van der Waals surface area (Å²) in [6.45, 7) is 0.776. The topological polar surface area (TPSA) is 75.4 Å². The van der Waals surface area contributed by atoms with Gasteiger partial charge in [0, 0.05) is 44.1 Å². The summed E-state index contributed by atoms with van der Waals surface area (Å²) in [6.07, 6.45) is 8.22. The number of carboxylic acids is 1. The average Bonchev–Trinajstić information content (AvgIpc) is 2.93. The highest BCUT2D eigenvalue weighted by Gasteiger charge is 2.34. The molecule has 0 spiro atoms. The standard InChI is InChI=1S/C17H25N3O3/c1-19-15-10-12(5-6-13(15)11-18-19)17(23)20-9-3-2-4-14(20)7-8-16(21)22/h11-12,14H,2-10H2,1H3,(H,21,22). The van der Waals surface area contributed by atoms with Crippen molar-refractivity contribution in [2.75, 3.05) is 6.54 Å². The van der Waals surface area contributed by atoms with E-state index in [0.29, 0.717) is 6.42 Å². The van der Waals surface area contributed by atoms with Crippen LogP contribution in [0.25, 0.3) is 0 Å². The Balaban J connectivity index is 1.68. The van der Waals surface area contributed by atoms with Crippen molar-refractivity contribution in [2.24, 2.45) is 13.0 Å². The molecule has 1 saturated heterocycles. The number of fused-ring (bicyclic) bond motifs is 1. The van der Waals surface area contributed by atoms with E-state index in [4.69, 9.17) is 5.11 Å². The molecule has 1 amide bonds. The monoisotopic (exact) mass is 319 g/mol. The van der Waals surface area contributed by atoms with Crippen molar-refractivity contribution in [2.45, 2.75) is 57.4 Å². The zero-order valence-corrected chi connectivity index (χ0v) is 13.7. The van der Waals surface area contributed by atoms with Gasteiger partial charge in [-0.2, -0.15) is 5.10 Å². The Hall–Kier alpha value is -1.85. The number of carboxylic acid groups (broad SMARTS) is 1. The average molecular weight is 319 g/mol. The molecule has 6 heteroatoms. The van der Waals surface area contributed by atoms with Crippen LogP contribution in [0.4, 0.5) is 0 Å². The first-order valence-electron chi connectivity index (χ1n) is 8.58. The molecular weight excluding hydrogens is 294 g/mol. The Labute approximate surface area is 136 Å². The number of likely N-dealkylation sites (tertiary alicyclic amines) is 1. The van der Waals surface area contributed by atoms with Crippen molar-refractivity contribution in [3.05, 3.63) is 17.5 Å². The third-order valence-corrected chi connectivity index (χ3v) is 5.30. The van der Waals surface area contributed by atoms with Crippen molar-refractivity contribution in [3.8, 4) is 0 Å². The summed E-state index contributed by atoms with van der Waals surface area (Å²) >= 11 is 0. The molecule has 1 aliphatic heterocycles. The summed E-state index contributed by atoms with van der Waals surface area (Å²) in [5, 5.41) is 13.2. The summed E-state index contributed by atoms with van der Waals surface area (Å²) in [4.78, 5) is 25.8. The van der Waals surface area contributed by atoms with Crippen LogP contribution in [0.2, 0.25) is 0 Å². The lowest BCUT2D eigenvalue weighted by molar-refractivity contribution is -0.142. The summed E-state index contributed by atoms with van der Waals surface area (Å²) < 4.78 is 1.88. The summed E-state index contributed by atoms with van der Waals surface area (Å²) in [6, 6.07) is 0.0975. The lowest BCUT2D eigenvalue weighted by Crippen LogP contribution is -2.47. The third-order valence-electron chi connectivity index (χ3n) is 5.30. The molecule has 23 heavy (non-hydrogen) atoms. The van der Waals surface area contributed by atoms with Crippen molar-refractivity contribution in [3.63, 3.8) is 0 Å². The number of rotatable bonds is 4. The van der Waals surface area contributed by atoms with E-state index in [2.05, 4.69) is 5.10 Å². The van der Waals surface area contributed by atoms with Gasteiger partial charge < -0.3 is 10.0 Å². The Kier molecular flexibility index (Phi) is 4.68. The number of hydrogen-bond acceptors (Lipinski definition) is 3. The number of aromatic nitrogens is 2. The first-order chi connectivity index (χ1) is 11.1. The van der Waals surface area contributed by atoms with Gasteiger partial charge in [-0.05, 0) is 44.1 Å². The lowest BCUT2D eigenvalue weighted by Gasteiger charge is -2.38. The Morgan fingerprint density at radius 1 is 1.35 bits per heavy atom. The molecular formula is C17H25N3O3. The van der Waals surface area contributed by atoms with Gasteiger partial charge in [0.1, 0.15) is 0 Å². The van der Waals surface area contributed by atoms with Gasteiger partial charge in [-0.1, -0.05) is 0 Å². The number of hydrogen-bond donors (Lipinski definition) is 1. The maximum absolute atomic E-state index is 13.0. The minimum atomic E-state index is -0.778. The fourth-order valence-electron chi connectivity index (χ4n) is 3.97. The van der Waals surface area contributed by atoms with Crippen LogP contribution in [-0.4, -0.2) is 44.3 Å². The molecule has 126 valence electrons. The Morgan fingerprint density at radius 3 is 2.96 bits per heavy atom. The Morgan fingerprint density at radius 2 is 2.17 bits per heavy atom. The second-order valence-corrected chi connectivity index (χ2v) is 6.79. The maximum Gasteiger partial charge on any atom is 0.303 e. The number of aryl methyl sites for hydroxylation is 2. The van der Waals surface area contributed by atoms with Gasteiger partial charge in [-0.25, -0.2) is 0 Å². The van der Waals surface area contributed by atoms with E-state index in [1.807, 2.05) is 22.8 Å². The van der Waals surface area contributed by atoms with E-state index in [0.717, 1.165) is 45.1 Å². The van der Waals surface area contributed by atoms with Crippen LogP contribution in [0.3, 0.4) is 0 Å².